The third kappa shape index (κ3) is 5.83. The smallest absolute Gasteiger partial charge is 0.289 e. The van der Waals surface area contributed by atoms with Crippen molar-refractivity contribution in [3.63, 3.8) is 0 Å². The number of rotatable bonds is 10. The molecule has 6 heteroatoms. The first kappa shape index (κ1) is 21.1. The summed E-state index contributed by atoms with van der Waals surface area (Å²) in [5.74, 6) is 0. The molecule has 3 atom stereocenters. The first-order chi connectivity index (χ1) is 11.0. The molecule has 0 aromatic rings. The molecule has 0 amide bonds. The minimum atomic E-state index is 0.614. The Kier molecular flexibility index (Phi) is 9.95. The molecule has 0 bridgehead atoms. The lowest BCUT2D eigenvalue weighted by Crippen LogP contribution is -2.72. The molecule has 132 valence electrons. The Morgan fingerprint density at radius 2 is 1.09 bits per heavy atom. The molecule has 1 saturated heterocycles. The Balaban J connectivity index is 2.95. The van der Waals surface area contributed by atoms with Gasteiger partial charge in [0.1, 0.15) is 0 Å². The van der Waals surface area contributed by atoms with Gasteiger partial charge in [-0.3, -0.25) is 0 Å². The van der Waals surface area contributed by atoms with Crippen LogP contribution < -0.4 is 0 Å². The zero-order chi connectivity index (χ0) is 17.4. The molecule has 0 spiro atoms. The molecular weight excluding hydrogens is 279 g/mol. The van der Waals surface area contributed by atoms with Crippen molar-refractivity contribution >= 4 is 22.1 Å². The van der Waals surface area contributed by atoms with Gasteiger partial charge < -0.3 is 14.2 Å². The minimum absolute atomic E-state index is 0.614. The van der Waals surface area contributed by atoms with E-state index in [4.69, 9.17) is 0 Å². The number of hydrogen-bond acceptors (Lipinski definition) is 3. The molecule has 0 aliphatic carbocycles. The van der Waals surface area contributed by atoms with Crippen molar-refractivity contribution in [2.45, 2.75) is 111 Å². The standard InChI is InChI=1S/C17H40B3N3/c1-8-12-15(5)21-18-22(16(6)13-9-2)20(11-4)23(19-21)17(7)14-10-3/h15-19H,8-14H2,1-7H3. The first-order valence-electron chi connectivity index (χ1n) is 10.2. The lowest BCUT2D eigenvalue weighted by Gasteiger charge is -2.52. The lowest BCUT2D eigenvalue weighted by molar-refractivity contribution is 0.323. The molecule has 0 N–H and O–H groups in total. The zero-order valence-electron chi connectivity index (χ0n) is 17.0. The predicted molar refractivity (Wildman–Crippen MR) is 109 cm³/mol. The van der Waals surface area contributed by atoms with Crippen molar-refractivity contribution in [3.05, 3.63) is 0 Å². The van der Waals surface area contributed by atoms with E-state index in [1.807, 2.05) is 0 Å². The minimum Gasteiger partial charge on any atom is -0.361 e. The fourth-order valence-electron chi connectivity index (χ4n) is 4.22. The Labute approximate surface area is 148 Å². The highest BCUT2D eigenvalue weighted by Gasteiger charge is 2.41. The summed E-state index contributed by atoms with van der Waals surface area (Å²) in [5.41, 5.74) is 0. The molecule has 3 unspecified atom stereocenters. The van der Waals surface area contributed by atoms with E-state index in [9.17, 15) is 0 Å². The molecule has 0 aromatic heterocycles. The van der Waals surface area contributed by atoms with Crippen molar-refractivity contribution in [2.24, 2.45) is 0 Å². The van der Waals surface area contributed by atoms with E-state index in [0.29, 0.717) is 25.1 Å². The van der Waals surface area contributed by atoms with Crippen molar-refractivity contribution in [1.82, 2.24) is 14.2 Å². The fourth-order valence-corrected chi connectivity index (χ4v) is 4.22. The maximum Gasteiger partial charge on any atom is 0.289 e. The summed E-state index contributed by atoms with van der Waals surface area (Å²) in [6.07, 6.45) is 9.00. The van der Waals surface area contributed by atoms with Crippen LogP contribution in [0.15, 0.2) is 0 Å². The van der Waals surface area contributed by atoms with Gasteiger partial charge in [0.05, 0.1) is 0 Å². The Morgan fingerprint density at radius 3 is 1.43 bits per heavy atom. The first-order valence-corrected chi connectivity index (χ1v) is 10.2. The van der Waals surface area contributed by atoms with Crippen LogP contribution in [-0.2, 0) is 0 Å². The van der Waals surface area contributed by atoms with Gasteiger partial charge in [-0.05, 0) is 43.7 Å². The number of nitrogens with zero attached hydrogens (tertiary/aromatic N) is 3. The van der Waals surface area contributed by atoms with Crippen LogP contribution in [0.4, 0.5) is 0 Å². The van der Waals surface area contributed by atoms with Gasteiger partial charge in [0.2, 0.25) is 0 Å². The lowest BCUT2D eigenvalue weighted by atomic mass is 9.54. The SMILES string of the molecule is CCCC(C)N1BN(C(C)CCC)B(CC)N(C(C)CCC)B1. The van der Waals surface area contributed by atoms with Crippen LogP contribution in [0.5, 0.6) is 0 Å². The number of hydrogen-bond donors (Lipinski definition) is 0. The highest BCUT2D eigenvalue weighted by Crippen LogP contribution is 2.23. The summed E-state index contributed by atoms with van der Waals surface area (Å²) >= 11 is 0. The third-order valence-corrected chi connectivity index (χ3v) is 5.70. The molecule has 23 heavy (non-hydrogen) atoms. The Morgan fingerprint density at radius 1 is 0.696 bits per heavy atom. The van der Waals surface area contributed by atoms with Crippen LogP contribution in [-0.4, -0.2) is 54.4 Å². The normalized spacial score (nSPS) is 21.6. The maximum atomic E-state index is 2.78. The van der Waals surface area contributed by atoms with Crippen LogP contribution in [0.3, 0.4) is 0 Å². The van der Waals surface area contributed by atoms with E-state index in [1.165, 1.54) is 44.8 Å². The van der Waals surface area contributed by atoms with Gasteiger partial charge >= 0.3 is 0 Å². The summed E-state index contributed by atoms with van der Waals surface area (Å²) in [6, 6.07) is 2.04. The quantitative estimate of drug-likeness (QED) is 0.571. The second-order valence-electron chi connectivity index (χ2n) is 7.70. The average Bonchev–Trinajstić information content (AvgIpc) is 2.54. The molecule has 1 heterocycles. The topological polar surface area (TPSA) is 9.72 Å². The summed E-state index contributed by atoms with van der Waals surface area (Å²) in [4.78, 5) is 0. The molecule has 0 aromatic carbocycles. The molecule has 1 rings (SSSR count). The van der Waals surface area contributed by atoms with Crippen LogP contribution in [0.2, 0.25) is 6.32 Å². The highest BCUT2D eigenvalue weighted by atomic mass is 15.3. The highest BCUT2D eigenvalue weighted by molar-refractivity contribution is 6.74. The van der Waals surface area contributed by atoms with Crippen LogP contribution in [0.1, 0.15) is 87.0 Å². The van der Waals surface area contributed by atoms with E-state index >= 15 is 0 Å². The molecular formula is C17H40B3N3. The zero-order valence-corrected chi connectivity index (χ0v) is 17.0. The van der Waals surface area contributed by atoms with Crippen LogP contribution >= 0.6 is 0 Å². The summed E-state index contributed by atoms with van der Waals surface area (Å²) in [7, 11) is 2.30. The maximum absolute atomic E-state index is 2.78. The molecule has 1 aliphatic rings. The predicted octanol–water partition coefficient (Wildman–Crippen LogP) is 3.51. The molecule has 1 fully saturated rings. The van der Waals surface area contributed by atoms with Gasteiger partial charge in [0, 0.05) is 0 Å². The van der Waals surface area contributed by atoms with Gasteiger partial charge in [-0.25, -0.2) is 0 Å². The van der Waals surface area contributed by atoms with Crippen molar-refractivity contribution in [3.8, 4) is 0 Å². The van der Waals surface area contributed by atoms with E-state index in [1.54, 1.807) is 0 Å². The fraction of sp³-hybridized carbons (Fsp3) is 1.00. The van der Waals surface area contributed by atoms with Gasteiger partial charge in [-0.2, -0.15) is 0 Å². The van der Waals surface area contributed by atoms with Crippen molar-refractivity contribution in [1.29, 1.82) is 0 Å². The van der Waals surface area contributed by atoms with Gasteiger partial charge in [0.25, 0.3) is 22.1 Å². The van der Waals surface area contributed by atoms with Gasteiger partial charge in [-0.15, -0.1) is 0 Å². The third-order valence-electron chi connectivity index (χ3n) is 5.70. The van der Waals surface area contributed by atoms with Crippen LogP contribution in [0, 0.1) is 0 Å². The van der Waals surface area contributed by atoms with Gasteiger partial charge in [0.15, 0.2) is 0 Å². The Bertz CT molecular complexity index is 297. The molecule has 1 aliphatic heterocycles. The van der Waals surface area contributed by atoms with E-state index < -0.39 is 0 Å². The second kappa shape index (κ2) is 10.8. The average molecular weight is 319 g/mol. The van der Waals surface area contributed by atoms with Gasteiger partial charge in [-0.1, -0.05) is 67.7 Å². The van der Waals surface area contributed by atoms with E-state index in [0.717, 1.165) is 15.1 Å². The molecule has 3 nitrogen and oxygen atoms in total. The largest absolute Gasteiger partial charge is 0.361 e. The van der Waals surface area contributed by atoms with Crippen LogP contribution in [0.25, 0.3) is 0 Å². The van der Waals surface area contributed by atoms with E-state index in [-0.39, 0.29) is 0 Å². The Hall–Kier alpha value is 0.0748. The summed E-state index contributed by atoms with van der Waals surface area (Å²) in [6.45, 7) is 17.2. The second-order valence-corrected chi connectivity index (χ2v) is 7.70. The summed E-state index contributed by atoms with van der Waals surface area (Å²) < 4.78 is 8.28. The molecule has 0 radical (unpaired) electrons. The monoisotopic (exact) mass is 319 g/mol. The summed E-state index contributed by atoms with van der Waals surface area (Å²) in [5, 5.41) is 0. The van der Waals surface area contributed by atoms with E-state index in [2.05, 4.69) is 62.6 Å². The van der Waals surface area contributed by atoms with Crippen molar-refractivity contribution in [2.75, 3.05) is 0 Å². The molecule has 0 saturated carbocycles. The van der Waals surface area contributed by atoms with Crippen molar-refractivity contribution < 1.29 is 0 Å².